The molecule has 19 heavy (non-hydrogen) atoms. The molecule has 0 aromatic rings. The first-order valence-electron chi connectivity index (χ1n) is 7.43. The van der Waals surface area contributed by atoms with Crippen molar-refractivity contribution in [2.45, 2.75) is 84.2 Å². The highest BCUT2D eigenvalue weighted by Gasteiger charge is 2.46. The minimum absolute atomic E-state index is 0.123. The summed E-state index contributed by atoms with van der Waals surface area (Å²) in [6.45, 7) is 18.7. The van der Waals surface area contributed by atoms with E-state index < -0.39 is 8.32 Å². The average molecular weight is 285 g/mol. The lowest BCUT2D eigenvalue weighted by Crippen LogP contribution is -2.40. The number of allylic oxidation sites excluding steroid dienone is 1. The van der Waals surface area contributed by atoms with Gasteiger partial charge in [-0.2, -0.15) is 0 Å². The summed E-state index contributed by atoms with van der Waals surface area (Å²) in [7, 11) is -1.60. The summed E-state index contributed by atoms with van der Waals surface area (Å²) in [5.41, 5.74) is 1.54. The van der Waals surface area contributed by atoms with E-state index >= 15 is 0 Å². The maximum absolute atomic E-state index is 6.16. The number of hydrogen-bond acceptors (Lipinski definition) is 2. The summed E-state index contributed by atoms with van der Waals surface area (Å²) in [6, 6.07) is 0. The quantitative estimate of drug-likeness (QED) is 0.392. The van der Waals surface area contributed by atoms with Crippen LogP contribution in [0.5, 0.6) is 0 Å². The van der Waals surface area contributed by atoms with Crippen molar-refractivity contribution >= 4 is 8.32 Å². The normalized spacial score (nSPS) is 23.6. The van der Waals surface area contributed by atoms with Crippen LogP contribution < -0.4 is 0 Å². The molecule has 0 radical (unpaired) electrons. The Morgan fingerprint density at radius 2 is 1.84 bits per heavy atom. The smallest absolute Gasteiger partial charge is 0.192 e. The zero-order chi connectivity index (χ0) is 14.9. The molecule has 0 amide bonds. The third-order valence-corrected chi connectivity index (χ3v) is 9.15. The summed E-state index contributed by atoms with van der Waals surface area (Å²) in [6.07, 6.45) is 4.96. The zero-order valence-corrected chi connectivity index (χ0v) is 15.1. The predicted molar refractivity (Wildman–Crippen MR) is 85.1 cm³/mol. The number of epoxide rings is 1. The highest BCUT2D eigenvalue weighted by molar-refractivity contribution is 6.74. The van der Waals surface area contributed by atoms with Gasteiger partial charge < -0.3 is 9.16 Å². The molecule has 0 N–H and O–H groups in total. The molecule has 1 aliphatic heterocycles. The highest BCUT2D eigenvalue weighted by atomic mass is 28.4. The van der Waals surface area contributed by atoms with Crippen molar-refractivity contribution < 1.29 is 9.16 Å². The van der Waals surface area contributed by atoms with Crippen molar-refractivity contribution in [1.82, 2.24) is 0 Å². The standard InChI is InChI=1S/C16H32O2Si/c1-13(9-10-14-16(5,6)18-14)11-12-17-19(7,8)15(2,3)4/h11,14H,9-10,12H2,1-8H3/b13-11-. The molecule has 1 rings (SSSR count). The van der Waals surface area contributed by atoms with E-state index in [1.807, 2.05) is 0 Å². The molecular weight excluding hydrogens is 252 g/mol. The van der Waals surface area contributed by atoms with Crippen LogP contribution in [0.1, 0.15) is 54.4 Å². The first kappa shape index (κ1) is 16.9. The van der Waals surface area contributed by atoms with E-state index in [1.165, 1.54) is 5.57 Å². The molecule has 2 nitrogen and oxygen atoms in total. The summed E-state index contributed by atoms with van der Waals surface area (Å²) >= 11 is 0. The van der Waals surface area contributed by atoms with Gasteiger partial charge in [0.25, 0.3) is 0 Å². The summed E-state index contributed by atoms with van der Waals surface area (Å²) in [5.74, 6) is 0. The van der Waals surface area contributed by atoms with Crippen LogP contribution >= 0.6 is 0 Å². The lowest BCUT2D eigenvalue weighted by molar-refractivity contribution is 0.319. The van der Waals surface area contributed by atoms with Gasteiger partial charge in [-0.25, -0.2) is 0 Å². The maximum Gasteiger partial charge on any atom is 0.192 e. The molecule has 0 aliphatic carbocycles. The molecule has 1 saturated heterocycles. The van der Waals surface area contributed by atoms with Gasteiger partial charge in [-0.3, -0.25) is 0 Å². The fourth-order valence-corrected chi connectivity index (χ4v) is 2.74. The Labute approximate surface area is 120 Å². The fourth-order valence-electron chi connectivity index (χ4n) is 1.81. The Bertz CT molecular complexity index is 337. The van der Waals surface area contributed by atoms with Gasteiger partial charge in [0.05, 0.1) is 18.3 Å². The van der Waals surface area contributed by atoms with Crippen molar-refractivity contribution in [3.8, 4) is 0 Å². The van der Waals surface area contributed by atoms with Crippen molar-refractivity contribution in [1.29, 1.82) is 0 Å². The Morgan fingerprint density at radius 3 is 2.26 bits per heavy atom. The predicted octanol–water partition coefficient (Wildman–Crippen LogP) is 4.91. The molecule has 0 aromatic carbocycles. The second-order valence-corrected chi connectivity index (χ2v) is 12.7. The van der Waals surface area contributed by atoms with Gasteiger partial charge in [0, 0.05) is 0 Å². The van der Waals surface area contributed by atoms with E-state index in [-0.39, 0.29) is 5.60 Å². The molecular formula is C16H32O2Si. The molecule has 0 bridgehead atoms. The van der Waals surface area contributed by atoms with Crippen molar-refractivity contribution in [2.75, 3.05) is 6.61 Å². The van der Waals surface area contributed by atoms with Crippen molar-refractivity contribution in [3.63, 3.8) is 0 Å². The van der Waals surface area contributed by atoms with Crippen LogP contribution in [0.2, 0.25) is 18.1 Å². The Morgan fingerprint density at radius 1 is 1.32 bits per heavy atom. The van der Waals surface area contributed by atoms with Crippen LogP contribution in [-0.2, 0) is 9.16 Å². The van der Waals surface area contributed by atoms with Crippen LogP contribution in [0.4, 0.5) is 0 Å². The summed E-state index contributed by atoms with van der Waals surface area (Å²) in [5, 5.41) is 0.292. The second-order valence-electron chi connectivity index (χ2n) is 7.87. The Balaban J connectivity index is 2.29. The van der Waals surface area contributed by atoms with E-state index in [4.69, 9.17) is 9.16 Å². The topological polar surface area (TPSA) is 21.8 Å². The summed E-state index contributed by atoms with van der Waals surface area (Å²) in [4.78, 5) is 0. The first-order valence-corrected chi connectivity index (χ1v) is 10.3. The van der Waals surface area contributed by atoms with Gasteiger partial charge >= 0.3 is 0 Å². The third-order valence-electron chi connectivity index (χ3n) is 4.65. The van der Waals surface area contributed by atoms with E-state index in [2.05, 4.69) is 60.7 Å². The molecule has 1 heterocycles. The summed E-state index contributed by atoms with van der Waals surface area (Å²) < 4.78 is 11.8. The largest absolute Gasteiger partial charge is 0.413 e. The fraction of sp³-hybridized carbons (Fsp3) is 0.875. The molecule has 1 unspecified atom stereocenters. The molecule has 1 aliphatic rings. The molecule has 1 atom stereocenters. The minimum atomic E-state index is -1.60. The van der Waals surface area contributed by atoms with Gasteiger partial charge in [-0.05, 0) is 51.7 Å². The molecule has 0 saturated carbocycles. The zero-order valence-electron chi connectivity index (χ0n) is 14.1. The number of hydrogen-bond donors (Lipinski definition) is 0. The van der Waals surface area contributed by atoms with Crippen LogP contribution in [-0.4, -0.2) is 26.6 Å². The SMILES string of the molecule is C/C(=C/CO[Si](C)(C)C(C)(C)C)CCC1OC1(C)C. The highest BCUT2D eigenvalue weighted by Crippen LogP contribution is 2.39. The molecule has 112 valence electrons. The van der Waals surface area contributed by atoms with E-state index in [0.717, 1.165) is 19.4 Å². The Kier molecular flexibility index (Phi) is 5.08. The number of rotatable bonds is 6. The van der Waals surface area contributed by atoms with Gasteiger partial charge in [0.15, 0.2) is 8.32 Å². The van der Waals surface area contributed by atoms with E-state index in [1.54, 1.807) is 0 Å². The van der Waals surface area contributed by atoms with Gasteiger partial charge in [0.1, 0.15) is 0 Å². The van der Waals surface area contributed by atoms with Crippen molar-refractivity contribution in [3.05, 3.63) is 11.6 Å². The lowest BCUT2D eigenvalue weighted by Gasteiger charge is -2.35. The van der Waals surface area contributed by atoms with Crippen LogP contribution in [0.15, 0.2) is 11.6 Å². The van der Waals surface area contributed by atoms with Gasteiger partial charge in [0.2, 0.25) is 0 Å². The van der Waals surface area contributed by atoms with Gasteiger partial charge in [-0.15, -0.1) is 0 Å². The van der Waals surface area contributed by atoms with Crippen LogP contribution in [0.3, 0.4) is 0 Å². The molecule has 3 heteroatoms. The molecule has 0 aromatic heterocycles. The molecule has 0 spiro atoms. The monoisotopic (exact) mass is 284 g/mol. The first-order chi connectivity index (χ1) is 8.46. The molecule has 1 fully saturated rings. The lowest BCUT2D eigenvalue weighted by atomic mass is 10.0. The Hall–Kier alpha value is -0.123. The third kappa shape index (κ3) is 5.05. The van der Waals surface area contributed by atoms with E-state index in [0.29, 0.717) is 11.1 Å². The van der Waals surface area contributed by atoms with Crippen LogP contribution in [0, 0.1) is 0 Å². The second kappa shape index (κ2) is 5.70. The maximum atomic E-state index is 6.16. The minimum Gasteiger partial charge on any atom is -0.413 e. The average Bonchev–Trinajstić information content (AvgIpc) is 2.81. The number of ether oxygens (including phenoxy) is 1. The van der Waals surface area contributed by atoms with Crippen molar-refractivity contribution in [2.24, 2.45) is 0 Å². The van der Waals surface area contributed by atoms with Gasteiger partial charge in [-0.1, -0.05) is 32.4 Å². The van der Waals surface area contributed by atoms with Crippen LogP contribution in [0.25, 0.3) is 0 Å². The van der Waals surface area contributed by atoms with E-state index in [9.17, 15) is 0 Å².